The number of carboxylic acids is 1. The Bertz CT molecular complexity index is 357. The number of hydrogen-bond acceptors (Lipinski definition) is 4. The molecule has 0 rings (SSSR count). The van der Waals surface area contributed by atoms with Gasteiger partial charge in [-0.15, -0.1) is 0 Å². The Morgan fingerprint density at radius 3 is 2.33 bits per heavy atom. The van der Waals surface area contributed by atoms with Crippen LogP contribution in [0, 0.1) is 5.41 Å². The number of carbonyl (C=O) groups is 3. The molecule has 102 valence electrons. The molecule has 0 fully saturated rings. The summed E-state index contributed by atoms with van der Waals surface area (Å²) >= 11 is 0. The Morgan fingerprint density at radius 1 is 1.39 bits per heavy atom. The van der Waals surface area contributed by atoms with Crippen molar-refractivity contribution in [3.8, 4) is 0 Å². The topological polar surface area (TPSA) is 163 Å². The number of guanidine groups is 1. The molecule has 9 heteroatoms. The van der Waals surface area contributed by atoms with Gasteiger partial charge in [-0.3, -0.25) is 15.0 Å². The van der Waals surface area contributed by atoms with E-state index >= 15 is 0 Å². The minimum Gasteiger partial charge on any atom is -0.480 e. The number of likely N-dealkylation sites (N-methyl/N-ethyl adjacent to an activating group) is 1. The average Bonchev–Trinajstić information content (AvgIpc) is 2.23. The number of primary amides is 1. The Kier molecular flexibility index (Phi) is 6.18. The molecule has 1 atom stereocenters. The molecule has 18 heavy (non-hydrogen) atoms. The van der Waals surface area contributed by atoms with Gasteiger partial charge in [0.25, 0.3) is 0 Å². The van der Waals surface area contributed by atoms with Crippen molar-refractivity contribution < 1.29 is 19.5 Å². The Morgan fingerprint density at radius 2 is 1.94 bits per heavy atom. The van der Waals surface area contributed by atoms with Crippen LogP contribution in [-0.2, 0) is 14.4 Å². The summed E-state index contributed by atoms with van der Waals surface area (Å²) in [5.74, 6) is -2.81. The Hall–Kier alpha value is -2.32. The van der Waals surface area contributed by atoms with Crippen molar-refractivity contribution in [3.63, 3.8) is 0 Å². The van der Waals surface area contributed by atoms with E-state index in [0.717, 1.165) is 4.90 Å². The summed E-state index contributed by atoms with van der Waals surface area (Å²) in [6.45, 7) is -0.240. The standard InChI is InChI=1S/C9H17N5O4/c1-14(9(11)12)4-7(16)13-5(8(17)18)2-3-6(10)15/h5H,2-4H2,1H3,(H2,10,15)(H3,11,12)(H,13,16)(H,17,18)/t5-/m0/s1. The van der Waals surface area contributed by atoms with E-state index in [0.29, 0.717) is 0 Å². The van der Waals surface area contributed by atoms with Crippen LogP contribution in [0.2, 0.25) is 0 Å². The quantitative estimate of drug-likeness (QED) is 0.254. The normalized spacial score (nSPS) is 11.4. The van der Waals surface area contributed by atoms with Gasteiger partial charge < -0.3 is 26.8 Å². The molecule has 0 aliphatic rings. The lowest BCUT2D eigenvalue weighted by atomic mass is 10.1. The maximum Gasteiger partial charge on any atom is 0.326 e. The van der Waals surface area contributed by atoms with E-state index in [9.17, 15) is 14.4 Å². The predicted octanol–water partition coefficient (Wildman–Crippen LogP) is -2.35. The highest BCUT2D eigenvalue weighted by atomic mass is 16.4. The maximum atomic E-state index is 11.4. The first-order valence-electron chi connectivity index (χ1n) is 5.09. The van der Waals surface area contributed by atoms with Gasteiger partial charge in [-0.25, -0.2) is 4.79 Å². The van der Waals surface area contributed by atoms with Crippen molar-refractivity contribution >= 4 is 23.7 Å². The molecule has 0 aliphatic heterocycles. The first-order valence-corrected chi connectivity index (χ1v) is 5.09. The average molecular weight is 259 g/mol. The summed E-state index contributed by atoms with van der Waals surface area (Å²) in [6, 6.07) is -1.19. The molecule has 0 spiro atoms. The fourth-order valence-corrected chi connectivity index (χ4v) is 1.08. The molecule has 0 saturated heterocycles. The minimum absolute atomic E-state index is 0.0831. The second kappa shape index (κ2) is 7.09. The summed E-state index contributed by atoms with van der Waals surface area (Å²) < 4.78 is 0. The number of carbonyl (C=O) groups excluding carboxylic acids is 2. The maximum absolute atomic E-state index is 11.4. The van der Waals surface area contributed by atoms with Crippen LogP contribution in [0.4, 0.5) is 0 Å². The molecule has 0 aliphatic carbocycles. The van der Waals surface area contributed by atoms with E-state index < -0.39 is 23.8 Å². The number of hydrogen-bond donors (Lipinski definition) is 5. The van der Waals surface area contributed by atoms with Crippen LogP contribution >= 0.6 is 0 Å². The van der Waals surface area contributed by atoms with Gasteiger partial charge in [-0.1, -0.05) is 0 Å². The van der Waals surface area contributed by atoms with Gasteiger partial charge in [0.1, 0.15) is 6.04 Å². The summed E-state index contributed by atoms with van der Waals surface area (Å²) in [5.41, 5.74) is 10.0. The molecule has 0 unspecified atom stereocenters. The van der Waals surface area contributed by atoms with Crippen LogP contribution in [0.25, 0.3) is 0 Å². The number of carboxylic acid groups (broad SMARTS) is 1. The number of rotatable bonds is 7. The number of aliphatic carboxylic acids is 1. The van der Waals surface area contributed by atoms with Crippen molar-refractivity contribution in [3.05, 3.63) is 0 Å². The zero-order chi connectivity index (χ0) is 14.3. The fourth-order valence-electron chi connectivity index (χ4n) is 1.08. The van der Waals surface area contributed by atoms with E-state index in [1.807, 2.05) is 0 Å². The lowest BCUT2D eigenvalue weighted by Crippen LogP contribution is -2.47. The monoisotopic (exact) mass is 259 g/mol. The van der Waals surface area contributed by atoms with Crippen LogP contribution in [0.1, 0.15) is 12.8 Å². The highest BCUT2D eigenvalue weighted by Gasteiger charge is 2.21. The SMILES string of the molecule is CN(CC(=O)N[C@@H](CCC(N)=O)C(=O)O)C(=N)N. The van der Waals surface area contributed by atoms with Gasteiger partial charge in [0.05, 0.1) is 6.54 Å². The van der Waals surface area contributed by atoms with Crippen molar-refractivity contribution in [2.45, 2.75) is 18.9 Å². The third-order valence-electron chi connectivity index (χ3n) is 2.10. The highest BCUT2D eigenvalue weighted by Crippen LogP contribution is 1.97. The number of nitrogens with zero attached hydrogens (tertiary/aromatic N) is 1. The van der Waals surface area contributed by atoms with Crippen LogP contribution in [0.5, 0.6) is 0 Å². The van der Waals surface area contributed by atoms with Gasteiger partial charge in [0.2, 0.25) is 11.8 Å². The van der Waals surface area contributed by atoms with E-state index in [-0.39, 0.29) is 25.3 Å². The highest BCUT2D eigenvalue weighted by molar-refractivity contribution is 5.87. The van der Waals surface area contributed by atoms with Gasteiger partial charge >= 0.3 is 5.97 Å². The molecule has 0 saturated carbocycles. The lowest BCUT2D eigenvalue weighted by Gasteiger charge is -2.18. The molecule has 0 aromatic carbocycles. The second-order valence-electron chi connectivity index (χ2n) is 3.70. The lowest BCUT2D eigenvalue weighted by molar-refractivity contribution is -0.142. The van der Waals surface area contributed by atoms with Gasteiger partial charge in [-0.2, -0.15) is 0 Å². The van der Waals surface area contributed by atoms with Gasteiger partial charge in [0, 0.05) is 13.5 Å². The second-order valence-corrected chi connectivity index (χ2v) is 3.70. The van der Waals surface area contributed by atoms with E-state index in [4.69, 9.17) is 22.0 Å². The van der Waals surface area contributed by atoms with E-state index in [1.54, 1.807) is 0 Å². The first-order chi connectivity index (χ1) is 8.23. The Balaban J connectivity index is 4.32. The third kappa shape index (κ3) is 6.30. The van der Waals surface area contributed by atoms with Crippen LogP contribution in [0.3, 0.4) is 0 Å². The van der Waals surface area contributed by atoms with Crippen LogP contribution in [0.15, 0.2) is 0 Å². The largest absolute Gasteiger partial charge is 0.480 e. The molecule has 7 N–H and O–H groups in total. The molecular formula is C9H17N5O4. The van der Waals surface area contributed by atoms with Crippen LogP contribution < -0.4 is 16.8 Å². The summed E-state index contributed by atoms with van der Waals surface area (Å²) in [7, 11) is 1.42. The predicted molar refractivity (Wildman–Crippen MR) is 62.5 cm³/mol. The van der Waals surface area contributed by atoms with Gasteiger partial charge in [0.15, 0.2) is 5.96 Å². The summed E-state index contributed by atoms with van der Waals surface area (Å²) in [4.78, 5) is 33.9. The van der Waals surface area contributed by atoms with Crippen molar-refractivity contribution in [1.29, 1.82) is 5.41 Å². The van der Waals surface area contributed by atoms with Crippen LogP contribution in [-0.4, -0.2) is 53.4 Å². The third-order valence-corrected chi connectivity index (χ3v) is 2.10. The number of amides is 2. The fraction of sp³-hybridized carbons (Fsp3) is 0.556. The molecular weight excluding hydrogens is 242 g/mol. The summed E-state index contributed by atoms with van der Waals surface area (Å²) in [6.07, 6.45) is -0.222. The number of nitrogens with two attached hydrogens (primary N) is 2. The number of nitrogens with one attached hydrogen (secondary N) is 2. The molecule has 2 amide bonds. The molecule has 9 nitrogen and oxygen atoms in total. The van der Waals surface area contributed by atoms with Crippen molar-refractivity contribution in [2.24, 2.45) is 11.5 Å². The zero-order valence-electron chi connectivity index (χ0n) is 9.97. The molecule has 0 aromatic rings. The van der Waals surface area contributed by atoms with Crippen molar-refractivity contribution in [1.82, 2.24) is 10.2 Å². The molecule has 0 bridgehead atoms. The van der Waals surface area contributed by atoms with E-state index in [2.05, 4.69) is 5.32 Å². The smallest absolute Gasteiger partial charge is 0.326 e. The molecule has 0 aromatic heterocycles. The minimum atomic E-state index is -1.25. The summed E-state index contributed by atoms with van der Waals surface area (Å²) in [5, 5.41) is 18.1. The zero-order valence-corrected chi connectivity index (χ0v) is 9.97. The molecule has 0 heterocycles. The first kappa shape index (κ1) is 15.7. The Labute approximate surface area is 104 Å². The van der Waals surface area contributed by atoms with Crippen molar-refractivity contribution in [2.75, 3.05) is 13.6 Å². The molecule has 0 radical (unpaired) electrons. The van der Waals surface area contributed by atoms with Gasteiger partial charge in [-0.05, 0) is 6.42 Å². The van der Waals surface area contributed by atoms with E-state index in [1.165, 1.54) is 7.05 Å².